The number of nitrogens with zero attached hydrogens (tertiary/aromatic N) is 3. The summed E-state index contributed by atoms with van der Waals surface area (Å²) >= 11 is 0. The van der Waals surface area contributed by atoms with Crippen molar-refractivity contribution >= 4 is 16.6 Å². The summed E-state index contributed by atoms with van der Waals surface area (Å²) in [6, 6.07) is 5.20. The van der Waals surface area contributed by atoms with E-state index < -0.39 is 11.7 Å². The molecule has 0 bridgehead atoms. The summed E-state index contributed by atoms with van der Waals surface area (Å²) in [5.41, 5.74) is -0.427. The number of fused-ring (bicyclic) bond motifs is 1. The minimum atomic E-state index is -4.43. The Labute approximate surface area is 94.0 Å². The van der Waals surface area contributed by atoms with Crippen LogP contribution in [-0.4, -0.2) is 4.98 Å². The maximum absolute atomic E-state index is 12.7. The average Bonchev–Trinajstić information content (AvgIpc) is 2.28. The maximum atomic E-state index is 12.7. The Morgan fingerprint density at radius 1 is 1.18 bits per heavy atom. The van der Waals surface area contributed by atoms with Gasteiger partial charge in [-0.3, -0.25) is 4.98 Å². The number of hydrogen-bond donors (Lipinski definition) is 1. The molecule has 0 aliphatic rings. The maximum Gasteiger partial charge on any atom is 0.417 e. The van der Waals surface area contributed by atoms with Crippen molar-refractivity contribution in [3.63, 3.8) is 0 Å². The summed E-state index contributed by atoms with van der Waals surface area (Å²) < 4.78 is 38.2. The van der Waals surface area contributed by atoms with E-state index >= 15 is 0 Å². The summed E-state index contributed by atoms with van der Waals surface area (Å²) in [4.78, 5) is 3.86. The second-order valence-corrected chi connectivity index (χ2v) is 3.25. The second kappa shape index (κ2) is 4.00. The molecule has 0 saturated heterocycles. The van der Waals surface area contributed by atoms with E-state index in [-0.39, 0.29) is 16.6 Å². The molecule has 1 aromatic heterocycles. The van der Waals surface area contributed by atoms with Crippen LogP contribution in [0.1, 0.15) is 5.56 Å². The van der Waals surface area contributed by atoms with Crippen LogP contribution in [0.3, 0.4) is 0 Å². The zero-order valence-corrected chi connectivity index (χ0v) is 8.44. The van der Waals surface area contributed by atoms with Crippen LogP contribution in [-0.2, 0) is 6.18 Å². The van der Waals surface area contributed by atoms with Crippen LogP contribution in [0.2, 0.25) is 0 Å². The first kappa shape index (κ1) is 11.3. The van der Waals surface area contributed by atoms with E-state index in [0.717, 1.165) is 12.3 Å². The third-order valence-corrected chi connectivity index (χ3v) is 2.22. The first-order valence-electron chi connectivity index (χ1n) is 4.60. The van der Waals surface area contributed by atoms with Gasteiger partial charge in [0, 0.05) is 11.6 Å². The fourth-order valence-corrected chi connectivity index (χ4v) is 1.55. The molecule has 4 nitrogen and oxygen atoms in total. The van der Waals surface area contributed by atoms with Crippen molar-refractivity contribution in [2.75, 3.05) is 0 Å². The summed E-state index contributed by atoms with van der Waals surface area (Å²) in [6.45, 7) is 0. The van der Waals surface area contributed by atoms with Gasteiger partial charge in [0.15, 0.2) is 0 Å². The molecule has 0 unspecified atom stereocenters. The molecule has 7 heteroatoms. The first-order valence-corrected chi connectivity index (χ1v) is 4.60. The minimum Gasteiger partial charge on any atom is -0.305 e. The molecule has 2 aromatic rings. The Balaban J connectivity index is 2.79. The van der Waals surface area contributed by atoms with Crippen molar-refractivity contribution in [2.24, 2.45) is 16.2 Å². The average molecular weight is 240 g/mol. The first-order chi connectivity index (χ1) is 8.04. The molecule has 0 aliphatic heterocycles. The smallest absolute Gasteiger partial charge is 0.305 e. The van der Waals surface area contributed by atoms with Gasteiger partial charge in [-0.05, 0) is 12.1 Å². The van der Waals surface area contributed by atoms with Crippen LogP contribution >= 0.6 is 0 Å². The van der Waals surface area contributed by atoms with Gasteiger partial charge >= 0.3 is 6.18 Å². The lowest BCUT2D eigenvalue weighted by atomic mass is 10.1. The third-order valence-electron chi connectivity index (χ3n) is 2.22. The number of halogens is 3. The van der Waals surface area contributed by atoms with Gasteiger partial charge in [-0.25, -0.2) is 0 Å². The zero-order chi connectivity index (χ0) is 12.5. The van der Waals surface area contributed by atoms with E-state index in [1.165, 1.54) is 18.2 Å². The van der Waals surface area contributed by atoms with E-state index in [2.05, 4.69) is 15.3 Å². The summed E-state index contributed by atoms with van der Waals surface area (Å²) in [7, 11) is 0. The van der Waals surface area contributed by atoms with E-state index in [9.17, 15) is 13.2 Å². The second-order valence-electron chi connectivity index (χ2n) is 3.25. The lowest BCUT2D eigenvalue weighted by Crippen LogP contribution is -2.06. The molecular weight excluding hydrogens is 233 g/mol. The molecule has 0 aliphatic carbocycles. The SMILES string of the molecule is NN=Nc1cccc2c(C(F)(F)F)ccnc12. The van der Waals surface area contributed by atoms with Crippen molar-refractivity contribution in [3.8, 4) is 0 Å². The molecule has 0 amide bonds. The molecule has 0 fully saturated rings. The molecule has 0 atom stereocenters. The number of rotatable bonds is 1. The highest BCUT2D eigenvalue weighted by Crippen LogP contribution is 2.36. The van der Waals surface area contributed by atoms with Gasteiger partial charge in [0.1, 0.15) is 5.69 Å². The van der Waals surface area contributed by atoms with Crippen molar-refractivity contribution in [3.05, 3.63) is 36.0 Å². The molecule has 2 rings (SSSR count). The van der Waals surface area contributed by atoms with Gasteiger partial charge in [0.25, 0.3) is 0 Å². The van der Waals surface area contributed by atoms with Crippen molar-refractivity contribution < 1.29 is 13.2 Å². The standard InChI is InChI=1S/C10H7F3N4/c11-10(12,13)7-4-5-15-9-6(7)2-1-3-8(9)16-17-14/h1-5H,(H2,14,16). The fraction of sp³-hybridized carbons (Fsp3) is 0.100. The van der Waals surface area contributed by atoms with Crippen LogP contribution in [0.15, 0.2) is 40.8 Å². The Kier molecular flexibility index (Phi) is 2.66. The van der Waals surface area contributed by atoms with E-state index in [1.807, 2.05) is 0 Å². The minimum absolute atomic E-state index is 0.0232. The molecule has 2 N–H and O–H groups in total. The van der Waals surface area contributed by atoms with Crippen molar-refractivity contribution in [2.45, 2.75) is 6.18 Å². The quantitative estimate of drug-likeness (QED) is 0.472. The number of pyridine rings is 1. The highest BCUT2D eigenvalue weighted by Gasteiger charge is 2.32. The number of aromatic nitrogens is 1. The normalized spacial score (nSPS) is 12.4. The van der Waals surface area contributed by atoms with E-state index in [1.54, 1.807) is 0 Å². The molecule has 1 heterocycles. The van der Waals surface area contributed by atoms with Gasteiger partial charge in [0.05, 0.1) is 11.1 Å². The predicted octanol–water partition coefficient (Wildman–Crippen LogP) is 3.21. The molecule has 17 heavy (non-hydrogen) atoms. The molecule has 0 radical (unpaired) electrons. The van der Waals surface area contributed by atoms with Gasteiger partial charge in [-0.1, -0.05) is 17.4 Å². The molecular formula is C10H7F3N4. The Morgan fingerprint density at radius 3 is 2.59 bits per heavy atom. The molecule has 88 valence electrons. The van der Waals surface area contributed by atoms with E-state index in [4.69, 9.17) is 5.84 Å². The predicted molar refractivity (Wildman–Crippen MR) is 55.4 cm³/mol. The summed E-state index contributed by atoms with van der Waals surface area (Å²) in [6.07, 6.45) is -3.35. The number of hydrogen-bond acceptors (Lipinski definition) is 3. The lowest BCUT2D eigenvalue weighted by Gasteiger charge is -2.09. The fourth-order valence-electron chi connectivity index (χ4n) is 1.55. The lowest BCUT2D eigenvalue weighted by molar-refractivity contribution is -0.136. The zero-order valence-electron chi connectivity index (χ0n) is 8.44. The highest BCUT2D eigenvalue weighted by atomic mass is 19.4. The Morgan fingerprint density at radius 2 is 1.94 bits per heavy atom. The monoisotopic (exact) mass is 240 g/mol. The van der Waals surface area contributed by atoms with Crippen LogP contribution in [0.25, 0.3) is 10.9 Å². The van der Waals surface area contributed by atoms with Crippen LogP contribution in [0.5, 0.6) is 0 Å². The van der Waals surface area contributed by atoms with Crippen LogP contribution in [0.4, 0.5) is 18.9 Å². The third kappa shape index (κ3) is 2.03. The Hall–Kier alpha value is -2.18. The number of para-hydroxylation sites is 1. The van der Waals surface area contributed by atoms with Gasteiger partial charge in [-0.2, -0.15) is 13.2 Å². The van der Waals surface area contributed by atoms with Gasteiger partial charge in [0.2, 0.25) is 0 Å². The largest absolute Gasteiger partial charge is 0.417 e. The van der Waals surface area contributed by atoms with Crippen LogP contribution < -0.4 is 5.84 Å². The van der Waals surface area contributed by atoms with Gasteiger partial charge < -0.3 is 5.84 Å². The molecule has 0 spiro atoms. The Bertz CT molecular complexity index is 577. The highest BCUT2D eigenvalue weighted by molar-refractivity contribution is 5.91. The number of nitrogens with two attached hydrogens (primary N) is 1. The van der Waals surface area contributed by atoms with Crippen molar-refractivity contribution in [1.29, 1.82) is 0 Å². The summed E-state index contributed by atoms with van der Waals surface area (Å²) in [5, 5.41) is 6.56. The number of benzene rings is 1. The molecule has 0 saturated carbocycles. The summed E-state index contributed by atoms with van der Waals surface area (Å²) in [5.74, 6) is 4.88. The van der Waals surface area contributed by atoms with Gasteiger partial charge in [-0.15, -0.1) is 5.11 Å². The van der Waals surface area contributed by atoms with Crippen molar-refractivity contribution in [1.82, 2.24) is 4.98 Å². The van der Waals surface area contributed by atoms with E-state index in [0.29, 0.717) is 0 Å². The van der Waals surface area contributed by atoms with Crippen LogP contribution in [0, 0.1) is 0 Å². The topological polar surface area (TPSA) is 63.6 Å². The number of alkyl halides is 3. The molecule has 1 aromatic carbocycles.